The van der Waals surface area contributed by atoms with Gasteiger partial charge in [0.15, 0.2) is 18.9 Å². The molecule has 3 saturated heterocycles. The minimum absolute atomic E-state index is 0.238. The van der Waals surface area contributed by atoms with Gasteiger partial charge in [-0.25, -0.2) is 0 Å². The zero-order valence-electron chi connectivity index (χ0n) is 72.7. The van der Waals surface area contributed by atoms with Crippen molar-refractivity contribution in [2.45, 2.75) is 471 Å². The van der Waals surface area contributed by atoms with Crippen LogP contribution in [0.4, 0.5) is 0 Å². The molecule has 0 aromatic heterocycles. The molecular formula is C97H171NO18. The molecule has 672 valence electrons. The molecule has 17 unspecified atom stereocenters. The molecule has 19 nitrogen and oxygen atoms in total. The number of unbranched alkanes of at least 4 members (excludes halogenated alkanes) is 44. The van der Waals surface area contributed by atoms with Gasteiger partial charge in [0, 0.05) is 6.42 Å². The Bertz CT molecular complexity index is 2520. The molecule has 116 heavy (non-hydrogen) atoms. The highest BCUT2D eigenvalue weighted by Crippen LogP contribution is 2.34. The Labute approximate surface area is 704 Å². The fourth-order valence-corrected chi connectivity index (χ4v) is 15.4. The number of ether oxygens (including phenoxy) is 6. The van der Waals surface area contributed by atoms with E-state index >= 15 is 0 Å². The number of aliphatic hydroxyl groups is 11. The van der Waals surface area contributed by atoms with Crippen molar-refractivity contribution < 1.29 is 89.4 Å². The summed E-state index contributed by atoms with van der Waals surface area (Å²) in [5.74, 6) is -0.275. The molecule has 1 amide bonds. The van der Waals surface area contributed by atoms with E-state index in [0.717, 1.165) is 103 Å². The zero-order valence-corrected chi connectivity index (χ0v) is 72.7. The quantitative estimate of drug-likeness (QED) is 0.0199. The molecule has 12 N–H and O–H groups in total. The molecule has 0 aromatic rings. The summed E-state index contributed by atoms with van der Waals surface area (Å²) in [5.41, 5.74) is 0. The van der Waals surface area contributed by atoms with Crippen LogP contribution in [0.15, 0.2) is 109 Å². The lowest BCUT2D eigenvalue weighted by atomic mass is 9.96. The molecule has 3 aliphatic heterocycles. The van der Waals surface area contributed by atoms with Crippen molar-refractivity contribution in [3.63, 3.8) is 0 Å². The van der Waals surface area contributed by atoms with Crippen LogP contribution >= 0.6 is 0 Å². The summed E-state index contributed by atoms with van der Waals surface area (Å²) in [6.07, 6.45) is 79.5. The van der Waals surface area contributed by atoms with Crippen molar-refractivity contribution in [1.82, 2.24) is 5.32 Å². The number of carbonyl (C=O) groups excluding carboxylic acids is 1. The van der Waals surface area contributed by atoms with Crippen molar-refractivity contribution in [2.24, 2.45) is 0 Å². The average molecular weight is 1640 g/mol. The third-order valence-corrected chi connectivity index (χ3v) is 22.8. The molecular weight excluding hydrogens is 1470 g/mol. The van der Waals surface area contributed by atoms with Crippen molar-refractivity contribution in [2.75, 3.05) is 26.4 Å². The van der Waals surface area contributed by atoms with Gasteiger partial charge in [-0.05, 0) is 83.5 Å². The van der Waals surface area contributed by atoms with Gasteiger partial charge >= 0.3 is 0 Å². The minimum Gasteiger partial charge on any atom is -0.394 e. The third kappa shape index (κ3) is 52.7. The lowest BCUT2D eigenvalue weighted by molar-refractivity contribution is -0.379. The second-order valence-electron chi connectivity index (χ2n) is 33.1. The lowest BCUT2D eigenvalue weighted by Crippen LogP contribution is -2.66. The molecule has 0 aromatic carbocycles. The maximum atomic E-state index is 13.5. The predicted molar refractivity (Wildman–Crippen MR) is 470 cm³/mol. The van der Waals surface area contributed by atoms with E-state index in [9.17, 15) is 61.0 Å². The second kappa shape index (κ2) is 75.2. The van der Waals surface area contributed by atoms with E-state index in [4.69, 9.17) is 28.4 Å². The summed E-state index contributed by atoms with van der Waals surface area (Å²) in [6.45, 7) is 1.67. The second-order valence-corrected chi connectivity index (χ2v) is 33.1. The highest BCUT2D eigenvalue weighted by Gasteiger charge is 2.54. The SMILES string of the molecule is CC/C=C\C/C=C\C/C=C\C/C=C\C/C=C\C/C=C\C/C=C\C/C=C\CCCCCCCCCCCCCCCCC(=O)NC(COC1OC(CO)C(OC2OC(CO)C(OC3OC(CO)C(O)C(O)C3O)C(O)C2O)C(O)C1O)C(O)/C=C/CCCCCCCCCCCCCCCCCCCCCCCCCCCCCCCC. The van der Waals surface area contributed by atoms with E-state index in [1.807, 2.05) is 6.08 Å². The monoisotopic (exact) mass is 1640 g/mol. The van der Waals surface area contributed by atoms with Gasteiger partial charge in [0.2, 0.25) is 5.91 Å². The lowest BCUT2D eigenvalue weighted by Gasteiger charge is -2.48. The summed E-state index contributed by atoms with van der Waals surface area (Å²) in [6, 6.07) is -0.982. The number of amides is 1. The predicted octanol–water partition coefficient (Wildman–Crippen LogP) is 18.8. The van der Waals surface area contributed by atoms with E-state index in [-0.39, 0.29) is 18.9 Å². The molecule has 3 fully saturated rings. The maximum absolute atomic E-state index is 13.5. The molecule has 0 spiro atoms. The van der Waals surface area contributed by atoms with Gasteiger partial charge in [0.1, 0.15) is 73.2 Å². The van der Waals surface area contributed by atoms with Gasteiger partial charge in [-0.3, -0.25) is 4.79 Å². The maximum Gasteiger partial charge on any atom is 0.220 e. The van der Waals surface area contributed by atoms with Crippen molar-refractivity contribution in [1.29, 1.82) is 0 Å². The van der Waals surface area contributed by atoms with Crippen LogP contribution in [0.3, 0.4) is 0 Å². The van der Waals surface area contributed by atoms with Gasteiger partial charge < -0.3 is 89.9 Å². The Kier molecular flexibility index (Phi) is 69.1. The van der Waals surface area contributed by atoms with Crippen LogP contribution in [0.2, 0.25) is 0 Å². The van der Waals surface area contributed by atoms with Gasteiger partial charge in [0.25, 0.3) is 0 Å². The number of allylic oxidation sites excluding steroid dienone is 17. The smallest absolute Gasteiger partial charge is 0.220 e. The Hall–Kier alpha value is -3.55. The third-order valence-electron chi connectivity index (χ3n) is 22.8. The molecule has 0 saturated carbocycles. The van der Waals surface area contributed by atoms with Gasteiger partial charge in [0.05, 0.1) is 38.6 Å². The van der Waals surface area contributed by atoms with Crippen molar-refractivity contribution >= 4 is 5.91 Å². The van der Waals surface area contributed by atoms with Crippen molar-refractivity contribution in [3.05, 3.63) is 109 Å². The number of aliphatic hydroxyl groups excluding tert-OH is 11. The number of hydrogen-bond acceptors (Lipinski definition) is 18. The topological polar surface area (TPSA) is 307 Å². The number of rotatable bonds is 76. The number of nitrogens with one attached hydrogen (secondary N) is 1. The minimum atomic E-state index is -1.98. The first kappa shape index (κ1) is 107. The van der Waals surface area contributed by atoms with E-state index in [1.165, 1.54) is 238 Å². The van der Waals surface area contributed by atoms with E-state index < -0.39 is 124 Å². The standard InChI is InChI=1S/C97H171NO18/c1-3-5-7-9-11-13-15-17-19-21-23-25-27-29-31-33-35-37-38-39-40-41-42-43-45-47-49-51-53-55-57-59-61-63-65-67-69-71-73-75-85(103)98-80(81(102)74-72-70-68-66-64-62-60-58-56-54-52-50-48-46-44-36-34-32-30-28-26-24-22-20-18-16-14-12-10-8-6-4-2)79-111-95-91(109)88(106)93(83(77-100)113-95)116-97-92(110)89(107)94(84(78-101)114-97)115-96-90(108)87(105)86(104)82(76-99)112-96/h5,7,11,13,17,19,23,25,29,31,35,37,39-40,42-43,72,74,80-84,86-97,99-102,104-110H,3-4,6,8-10,12,14-16,18,20-22,24,26-28,30,32-34,36,38,41,44-71,73,75-79H2,1-2H3,(H,98,103)/b7-5-,13-11-,19-17-,25-23-,31-29-,37-35-,40-39-,43-42-,74-72+. The zero-order chi connectivity index (χ0) is 83.8. The Balaban J connectivity index is 1.32. The van der Waals surface area contributed by atoms with Gasteiger partial charge in [-0.1, -0.05) is 386 Å². The summed E-state index contributed by atoms with van der Waals surface area (Å²) in [5, 5.41) is 121. The van der Waals surface area contributed by atoms with Gasteiger partial charge in [-0.2, -0.15) is 0 Å². The fourth-order valence-electron chi connectivity index (χ4n) is 15.4. The Morgan fingerprint density at radius 1 is 0.319 bits per heavy atom. The first-order chi connectivity index (χ1) is 56.8. The molecule has 3 heterocycles. The Morgan fingerprint density at radius 3 is 0.931 bits per heavy atom. The number of carbonyl (C=O) groups is 1. The molecule has 0 bridgehead atoms. The highest BCUT2D eigenvalue weighted by atomic mass is 16.8. The average Bonchev–Trinajstić information content (AvgIpc) is 0.779. The van der Waals surface area contributed by atoms with Crippen LogP contribution in [-0.2, 0) is 33.2 Å². The summed E-state index contributed by atoms with van der Waals surface area (Å²) < 4.78 is 34.6. The van der Waals surface area contributed by atoms with Crippen LogP contribution in [0.1, 0.15) is 367 Å². The normalized spacial score (nSPS) is 25.0. The summed E-state index contributed by atoms with van der Waals surface area (Å²) in [4.78, 5) is 13.5. The summed E-state index contributed by atoms with van der Waals surface area (Å²) >= 11 is 0. The molecule has 3 aliphatic rings. The first-order valence-electron chi connectivity index (χ1n) is 47.1. The molecule has 0 radical (unpaired) electrons. The van der Waals surface area contributed by atoms with E-state index in [1.54, 1.807) is 6.08 Å². The van der Waals surface area contributed by atoms with Gasteiger partial charge in [-0.15, -0.1) is 0 Å². The van der Waals surface area contributed by atoms with E-state index in [2.05, 4.69) is 116 Å². The first-order valence-corrected chi connectivity index (χ1v) is 47.1. The van der Waals surface area contributed by atoms with Crippen LogP contribution in [-0.4, -0.2) is 193 Å². The van der Waals surface area contributed by atoms with Crippen LogP contribution in [0.25, 0.3) is 0 Å². The molecule has 19 heteroatoms. The van der Waals surface area contributed by atoms with Crippen LogP contribution in [0, 0.1) is 0 Å². The molecule has 0 aliphatic carbocycles. The Morgan fingerprint density at radius 2 is 0.595 bits per heavy atom. The highest BCUT2D eigenvalue weighted by molar-refractivity contribution is 5.76. The fraction of sp³-hybridized carbons (Fsp3) is 0.804. The summed E-state index contributed by atoms with van der Waals surface area (Å²) in [7, 11) is 0. The van der Waals surface area contributed by atoms with E-state index in [0.29, 0.717) is 6.42 Å². The van der Waals surface area contributed by atoms with Crippen LogP contribution in [0.5, 0.6) is 0 Å². The van der Waals surface area contributed by atoms with Crippen molar-refractivity contribution in [3.8, 4) is 0 Å². The van der Waals surface area contributed by atoms with Crippen LogP contribution < -0.4 is 5.32 Å². The largest absolute Gasteiger partial charge is 0.394 e. The number of hydrogen-bond donors (Lipinski definition) is 12. The molecule has 3 rings (SSSR count). The molecule has 17 atom stereocenters.